The molecule has 1 unspecified atom stereocenters. The van der Waals surface area contributed by atoms with Crippen LogP contribution >= 0.6 is 0 Å². The number of amides is 1. The highest BCUT2D eigenvalue weighted by Gasteiger charge is 2.20. The van der Waals surface area contributed by atoms with E-state index in [0.717, 1.165) is 12.1 Å². The van der Waals surface area contributed by atoms with Gasteiger partial charge in [0.15, 0.2) is 17.5 Å². The lowest BCUT2D eigenvalue weighted by Crippen LogP contribution is -2.36. The van der Waals surface area contributed by atoms with Crippen molar-refractivity contribution in [2.75, 3.05) is 13.2 Å². The van der Waals surface area contributed by atoms with Crippen molar-refractivity contribution in [1.82, 2.24) is 5.32 Å². The summed E-state index contributed by atoms with van der Waals surface area (Å²) in [6.07, 6.45) is 0. The summed E-state index contributed by atoms with van der Waals surface area (Å²) >= 11 is 0. The van der Waals surface area contributed by atoms with Crippen molar-refractivity contribution in [1.29, 1.82) is 0 Å². The van der Waals surface area contributed by atoms with Crippen LogP contribution in [0.1, 0.15) is 32.4 Å². The van der Waals surface area contributed by atoms with Crippen molar-refractivity contribution in [3.63, 3.8) is 0 Å². The molecular formula is C14H18F3NO3. The topological polar surface area (TPSA) is 58.6 Å². The van der Waals surface area contributed by atoms with Gasteiger partial charge in [-0.1, -0.05) is 0 Å². The van der Waals surface area contributed by atoms with Crippen LogP contribution in [0, 0.1) is 17.5 Å². The lowest BCUT2D eigenvalue weighted by molar-refractivity contribution is -0.131. The number of hydrogen-bond acceptors (Lipinski definition) is 3. The van der Waals surface area contributed by atoms with Crippen LogP contribution in [0.25, 0.3) is 0 Å². The second-order valence-electron chi connectivity index (χ2n) is 5.50. The summed E-state index contributed by atoms with van der Waals surface area (Å²) in [6.45, 7) is 4.41. The Bertz CT molecular complexity index is 492. The Morgan fingerprint density at radius 3 is 2.24 bits per heavy atom. The molecule has 1 amide bonds. The maximum absolute atomic E-state index is 13.1. The van der Waals surface area contributed by atoms with Gasteiger partial charge in [-0.3, -0.25) is 4.79 Å². The molecule has 1 atom stereocenters. The second kappa shape index (κ2) is 6.91. The third-order valence-electron chi connectivity index (χ3n) is 2.56. The van der Waals surface area contributed by atoms with E-state index in [-0.39, 0.29) is 12.2 Å². The molecule has 0 aliphatic rings. The fourth-order valence-corrected chi connectivity index (χ4v) is 1.53. The monoisotopic (exact) mass is 305 g/mol. The Morgan fingerprint density at radius 1 is 1.29 bits per heavy atom. The number of hydrogen-bond donors (Lipinski definition) is 2. The lowest BCUT2D eigenvalue weighted by Gasteiger charge is -2.21. The summed E-state index contributed by atoms with van der Waals surface area (Å²) in [6, 6.07) is 0.402. The molecule has 1 aromatic carbocycles. The third kappa shape index (κ3) is 5.35. The van der Waals surface area contributed by atoms with Gasteiger partial charge in [0.25, 0.3) is 0 Å². The van der Waals surface area contributed by atoms with Gasteiger partial charge in [0.2, 0.25) is 5.91 Å². The van der Waals surface area contributed by atoms with E-state index >= 15 is 0 Å². The Kier molecular flexibility index (Phi) is 5.74. The van der Waals surface area contributed by atoms with Crippen LogP contribution in [0.5, 0.6) is 0 Å². The molecule has 1 rings (SSSR count). The fraction of sp³-hybridized carbons (Fsp3) is 0.500. The van der Waals surface area contributed by atoms with Crippen LogP contribution in [-0.2, 0) is 9.53 Å². The average molecular weight is 305 g/mol. The summed E-state index contributed by atoms with van der Waals surface area (Å²) < 4.78 is 44.4. The number of carbonyl (C=O) groups is 1. The largest absolute Gasteiger partial charge is 0.394 e. The fourth-order valence-electron chi connectivity index (χ4n) is 1.53. The van der Waals surface area contributed by atoms with E-state index < -0.39 is 41.6 Å². The van der Waals surface area contributed by atoms with E-state index in [1.807, 2.05) is 0 Å². The zero-order chi connectivity index (χ0) is 16.2. The van der Waals surface area contributed by atoms with Gasteiger partial charge in [-0.2, -0.15) is 0 Å². The van der Waals surface area contributed by atoms with Gasteiger partial charge in [-0.25, -0.2) is 13.2 Å². The minimum absolute atomic E-state index is 0.0713. The van der Waals surface area contributed by atoms with Crippen LogP contribution in [0.4, 0.5) is 13.2 Å². The van der Waals surface area contributed by atoms with Gasteiger partial charge in [0.1, 0.15) is 6.61 Å². The number of benzene rings is 1. The van der Waals surface area contributed by atoms with Gasteiger partial charge in [-0.05, 0) is 38.5 Å². The van der Waals surface area contributed by atoms with Crippen LogP contribution in [-0.4, -0.2) is 29.8 Å². The van der Waals surface area contributed by atoms with Crippen molar-refractivity contribution < 1.29 is 27.8 Å². The van der Waals surface area contributed by atoms with Gasteiger partial charge in [0, 0.05) is 0 Å². The Balaban J connectivity index is 2.78. The first-order valence-corrected chi connectivity index (χ1v) is 6.32. The maximum atomic E-state index is 13.1. The first kappa shape index (κ1) is 17.5. The summed E-state index contributed by atoms with van der Waals surface area (Å²) in [5.74, 6) is -4.93. The molecule has 0 spiro atoms. The molecule has 7 heteroatoms. The molecule has 0 fully saturated rings. The highest BCUT2D eigenvalue weighted by atomic mass is 19.2. The van der Waals surface area contributed by atoms with E-state index in [0.29, 0.717) is 0 Å². The average Bonchev–Trinajstić information content (AvgIpc) is 2.38. The van der Waals surface area contributed by atoms with Crippen molar-refractivity contribution >= 4 is 5.91 Å². The number of aliphatic hydroxyl groups excluding tert-OH is 1. The van der Waals surface area contributed by atoms with E-state index in [9.17, 15) is 23.1 Å². The van der Waals surface area contributed by atoms with E-state index in [4.69, 9.17) is 4.74 Å². The SMILES string of the molecule is CC(C)(C)OCC(=O)NC(CO)c1cc(F)c(F)c(F)c1. The second-order valence-corrected chi connectivity index (χ2v) is 5.50. The van der Waals surface area contributed by atoms with Gasteiger partial charge < -0.3 is 15.2 Å². The molecule has 2 N–H and O–H groups in total. The third-order valence-corrected chi connectivity index (χ3v) is 2.56. The minimum atomic E-state index is -1.60. The molecule has 0 heterocycles. The summed E-state index contributed by atoms with van der Waals surface area (Å²) in [4.78, 5) is 11.7. The Hall–Kier alpha value is -1.60. The standard InChI is InChI=1S/C14H18F3NO3/c1-14(2,3)21-7-12(20)18-11(6-19)8-4-9(15)13(17)10(16)5-8/h4-5,11,19H,6-7H2,1-3H3,(H,18,20). The van der Waals surface area contributed by atoms with Gasteiger partial charge >= 0.3 is 0 Å². The van der Waals surface area contributed by atoms with Crippen LogP contribution in [0.2, 0.25) is 0 Å². The predicted molar refractivity (Wildman–Crippen MR) is 70.0 cm³/mol. The lowest BCUT2D eigenvalue weighted by atomic mass is 10.1. The first-order valence-electron chi connectivity index (χ1n) is 6.32. The number of carbonyl (C=O) groups excluding carboxylic acids is 1. The quantitative estimate of drug-likeness (QED) is 0.819. The molecule has 21 heavy (non-hydrogen) atoms. The number of nitrogens with one attached hydrogen (secondary N) is 1. The normalized spacial score (nSPS) is 13.1. The molecule has 0 radical (unpaired) electrons. The molecule has 0 aliphatic heterocycles. The number of ether oxygens (including phenoxy) is 1. The van der Waals surface area contributed by atoms with E-state index in [1.54, 1.807) is 20.8 Å². The van der Waals surface area contributed by atoms with Gasteiger partial charge in [0.05, 0.1) is 18.2 Å². The zero-order valence-corrected chi connectivity index (χ0v) is 12.0. The van der Waals surface area contributed by atoms with E-state index in [1.165, 1.54) is 0 Å². The Morgan fingerprint density at radius 2 is 1.81 bits per heavy atom. The zero-order valence-electron chi connectivity index (χ0n) is 12.0. The smallest absolute Gasteiger partial charge is 0.246 e. The van der Waals surface area contributed by atoms with Crippen molar-refractivity contribution in [3.05, 3.63) is 35.1 Å². The highest BCUT2D eigenvalue weighted by Crippen LogP contribution is 2.19. The highest BCUT2D eigenvalue weighted by molar-refractivity contribution is 5.77. The molecule has 0 saturated heterocycles. The van der Waals surface area contributed by atoms with Crippen LogP contribution < -0.4 is 5.32 Å². The summed E-state index contributed by atoms with van der Waals surface area (Å²) in [5, 5.41) is 11.6. The van der Waals surface area contributed by atoms with E-state index in [2.05, 4.69) is 5.32 Å². The number of aliphatic hydroxyl groups is 1. The molecule has 0 saturated carbocycles. The maximum Gasteiger partial charge on any atom is 0.246 e. The van der Waals surface area contributed by atoms with Crippen molar-refractivity contribution in [2.45, 2.75) is 32.4 Å². The van der Waals surface area contributed by atoms with Crippen molar-refractivity contribution in [2.24, 2.45) is 0 Å². The number of halogens is 3. The van der Waals surface area contributed by atoms with Crippen LogP contribution in [0.3, 0.4) is 0 Å². The molecule has 4 nitrogen and oxygen atoms in total. The summed E-state index contributed by atoms with van der Waals surface area (Å²) in [7, 11) is 0. The minimum Gasteiger partial charge on any atom is -0.394 e. The first-order chi connectivity index (χ1) is 9.64. The van der Waals surface area contributed by atoms with Gasteiger partial charge in [-0.15, -0.1) is 0 Å². The Labute approximate surface area is 120 Å². The molecule has 1 aromatic rings. The summed E-state index contributed by atoms with van der Waals surface area (Å²) in [5.41, 5.74) is -0.599. The molecule has 0 aliphatic carbocycles. The molecule has 118 valence electrons. The number of rotatable bonds is 5. The molecular weight excluding hydrogens is 287 g/mol. The van der Waals surface area contributed by atoms with Crippen molar-refractivity contribution in [3.8, 4) is 0 Å². The molecule has 0 bridgehead atoms. The molecule has 0 aromatic heterocycles. The van der Waals surface area contributed by atoms with Crippen LogP contribution in [0.15, 0.2) is 12.1 Å². The predicted octanol–water partition coefficient (Wildman–Crippen LogP) is 2.07.